The van der Waals surface area contributed by atoms with E-state index in [0.717, 1.165) is 37.3 Å². The third-order valence-corrected chi connectivity index (χ3v) is 4.46. The van der Waals surface area contributed by atoms with Gasteiger partial charge in [-0.3, -0.25) is 9.80 Å². The molecule has 3 rings (SSSR count). The van der Waals surface area contributed by atoms with Crippen molar-refractivity contribution in [3.05, 3.63) is 35.1 Å². The van der Waals surface area contributed by atoms with Crippen LogP contribution in [0.4, 0.5) is 4.39 Å². The lowest BCUT2D eigenvalue weighted by Crippen LogP contribution is -2.49. The minimum atomic E-state index is -0.235. The molecule has 1 aromatic carbocycles. The van der Waals surface area contributed by atoms with Crippen LogP contribution in [0.25, 0.3) is 0 Å². The lowest BCUT2D eigenvalue weighted by atomic mass is 10.1. The van der Waals surface area contributed by atoms with E-state index >= 15 is 0 Å². The van der Waals surface area contributed by atoms with Gasteiger partial charge in [0, 0.05) is 37.8 Å². The molecule has 21 heavy (non-hydrogen) atoms. The topological polar surface area (TPSA) is 32.5 Å². The number of halogens is 1. The maximum atomic E-state index is 13.4. The molecular formula is C17H22FN3. The number of piperazine rings is 1. The summed E-state index contributed by atoms with van der Waals surface area (Å²) in [5.41, 5.74) is 7.30. The van der Waals surface area contributed by atoms with Crippen molar-refractivity contribution < 1.29 is 4.39 Å². The van der Waals surface area contributed by atoms with Crippen LogP contribution in [0, 0.1) is 17.7 Å². The van der Waals surface area contributed by atoms with Crippen molar-refractivity contribution in [2.24, 2.45) is 5.73 Å². The molecule has 3 nitrogen and oxygen atoms in total. The van der Waals surface area contributed by atoms with Crippen LogP contribution < -0.4 is 5.73 Å². The second-order valence-corrected chi connectivity index (χ2v) is 5.87. The Labute approximate surface area is 125 Å². The van der Waals surface area contributed by atoms with Crippen molar-refractivity contribution in [3.8, 4) is 11.8 Å². The van der Waals surface area contributed by atoms with E-state index in [0.29, 0.717) is 12.6 Å². The number of nitrogens with two attached hydrogens (primary N) is 1. The Morgan fingerprint density at radius 3 is 3.05 bits per heavy atom. The van der Waals surface area contributed by atoms with E-state index in [1.54, 1.807) is 0 Å². The Morgan fingerprint density at radius 1 is 1.29 bits per heavy atom. The molecule has 2 fully saturated rings. The first kappa shape index (κ1) is 14.5. The van der Waals surface area contributed by atoms with Crippen LogP contribution in [0.5, 0.6) is 0 Å². The monoisotopic (exact) mass is 287 g/mol. The lowest BCUT2D eigenvalue weighted by Gasteiger charge is -2.37. The SMILES string of the molecule is NCC#Cc1cc(F)ccc1CN1CCN2CCCC2C1. The molecule has 1 atom stereocenters. The van der Waals surface area contributed by atoms with E-state index in [2.05, 4.69) is 21.6 Å². The average Bonchev–Trinajstić information content (AvgIpc) is 2.95. The fourth-order valence-electron chi connectivity index (χ4n) is 3.39. The first-order valence-electron chi connectivity index (χ1n) is 7.70. The molecule has 4 heteroatoms. The highest BCUT2D eigenvalue weighted by molar-refractivity contribution is 5.42. The first-order chi connectivity index (χ1) is 10.3. The molecular weight excluding hydrogens is 265 g/mol. The molecule has 0 aliphatic carbocycles. The highest BCUT2D eigenvalue weighted by atomic mass is 19.1. The summed E-state index contributed by atoms with van der Waals surface area (Å²) < 4.78 is 13.4. The maximum absolute atomic E-state index is 13.4. The normalized spacial score (nSPS) is 22.7. The zero-order chi connectivity index (χ0) is 14.7. The molecule has 2 aliphatic heterocycles. The molecule has 0 bridgehead atoms. The maximum Gasteiger partial charge on any atom is 0.124 e. The largest absolute Gasteiger partial charge is 0.320 e. The number of hydrogen-bond acceptors (Lipinski definition) is 3. The zero-order valence-electron chi connectivity index (χ0n) is 12.3. The molecule has 0 radical (unpaired) electrons. The Hall–Kier alpha value is -1.41. The van der Waals surface area contributed by atoms with Gasteiger partial charge in [-0.05, 0) is 37.1 Å². The minimum Gasteiger partial charge on any atom is -0.320 e. The van der Waals surface area contributed by atoms with Gasteiger partial charge in [-0.1, -0.05) is 17.9 Å². The van der Waals surface area contributed by atoms with Crippen LogP contribution in [0.2, 0.25) is 0 Å². The second-order valence-electron chi connectivity index (χ2n) is 5.87. The fraction of sp³-hybridized carbons (Fsp3) is 0.529. The van der Waals surface area contributed by atoms with Gasteiger partial charge >= 0.3 is 0 Å². The smallest absolute Gasteiger partial charge is 0.124 e. The van der Waals surface area contributed by atoms with Gasteiger partial charge < -0.3 is 5.73 Å². The molecule has 1 aromatic rings. The highest BCUT2D eigenvalue weighted by Crippen LogP contribution is 2.23. The standard InChI is InChI=1S/C17H22FN3/c18-16-6-5-15(14(11-16)3-1-7-19)12-20-9-10-21-8-2-4-17(21)13-20/h5-6,11,17H,2,4,7-10,12-13,19H2. The molecule has 0 amide bonds. The van der Waals surface area contributed by atoms with E-state index in [1.807, 2.05) is 6.07 Å². The summed E-state index contributed by atoms with van der Waals surface area (Å²) in [4.78, 5) is 5.06. The Balaban J connectivity index is 1.72. The van der Waals surface area contributed by atoms with Gasteiger partial charge in [-0.2, -0.15) is 0 Å². The molecule has 2 saturated heterocycles. The number of hydrogen-bond donors (Lipinski definition) is 1. The number of benzene rings is 1. The zero-order valence-corrected chi connectivity index (χ0v) is 12.3. The summed E-state index contributed by atoms with van der Waals surface area (Å²) in [6.07, 6.45) is 2.63. The Morgan fingerprint density at radius 2 is 2.19 bits per heavy atom. The summed E-state index contributed by atoms with van der Waals surface area (Å²) in [7, 11) is 0. The number of fused-ring (bicyclic) bond motifs is 1. The van der Waals surface area contributed by atoms with E-state index in [1.165, 1.54) is 31.5 Å². The second kappa shape index (κ2) is 6.57. The summed E-state index contributed by atoms with van der Waals surface area (Å²) in [6, 6.07) is 5.60. The molecule has 2 N–H and O–H groups in total. The summed E-state index contributed by atoms with van der Waals surface area (Å²) in [5, 5.41) is 0. The number of rotatable bonds is 2. The van der Waals surface area contributed by atoms with Gasteiger partial charge in [-0.25, -0.2) is 4.39 Å². The van der Waals surface area contributed by atoms with Crippen LogP contribution in [0.15, 0.2) is 18.2 Å². The average molecular weight is 287 g/mol. The summed E-state index contributed by atoms with van der Waals surface area (Å²) in [6.45, 7) is 5.74. The van der Waals surface area contributed by atoms with E-state index in [-0.39, 0.29) is 5.82 Å². The molecule has 0 aromatic heterocycles. The lowest BCUT2D eigenvalue weighted by molar-refractivity contribution is 0.0993. The third-order valence-electron chi connectivity index (χ3n) is 4.46. The van der Waals surface area contributed by atoms with Crippen molar-refractivity contribution in [1.29, 1.82) is 0 Å². The Bertz CT molecular complexity index is 561. The highest BCUT2D eigenvalue weighted by Gasteiger charge is 2.30. The molecule has 2 heterocycles. The van der Waals surface area contributed by atoms with Crippen molar-refractivity contribution in [2.75, 3.05) is 32.7 Å². The molecule has 2 aliphatic rings. The van der Waals surface area contributed by atoms with Crippen LogP contribution in [0.3, 0.4) is 0 Å². The molecule has 0 saturated carbocycles. The van der Waals surface area contributed by atoms with Crippen LogP contribution in [0.1, 0.15) is 24.0 Å². The van der Waals surface area contributed by atoms with Gasteiger partial charge in [0.25, 0.3) is 0 Å². The molecule has 0 spiro atoms. The third kappa shape index (κ3) is 3.44. The van der Waals surface area contributed by atoms with E-state index < -0.39 is 0 Å². The van der Waals surface area contributed by atoms with Gasteiger partial charge in [0.2, 0.25) is 0 Å². The Kier molecular flexibility index (Phi) is 4.54. The number of nitrogens with zero attached hydrogens (tertiary/aromatic N) is 2. The van der Waals surface area contributed by atoms with Crippen molar-refractivity contribution in [3.63, 3.8) is 0 Å². The predicted molar refractivity (Wildman–Crippen MR) is 82.2 cm³/mol. The fourth-order valence-corrected chi connectivity index (χ4v) is 3.39. The van der Waals surface area contributed by atoms with Crippen LogP contribution in [-0.2, 0) is 6.54 Å². The van der Waals surface area contributed by atoms with Crippen LogP contribution >= 0.6 is 0 Å². The minimum absolute atomic E-state index is 0.235. The molecule has 112 valence electrons. The quantitative estimate of drug-likeness (QED) is 0.835. The van der Waals surface area contributed by atoms with Gasteiger partial charge in [-0.15, -0.1) is 0 Å². The predicted octanol–water partition coefficient (Wildman–Crippen LogP) is 1.42. The van der Waals surface area contributed by atoms with E-state index in [4.69, 9.17) is 5.73 Å². The van der Waals surface area contributed by atoms with Crippen molar-refractivity contribution in [1.82, 2.24) is 9.80 Å². The summed E-state index contributed by atoms with van der Waals surface area (Å²) in [5.74, 6) is 5.59. The summed E-state index contributed by atoms with van der Waals surface area (Å²) >= 11 is 0. The van der Waals surface area contributed by atoms with Gasteiger partial charge in [0.15, 0.2) is 0 Å². The van der Waals surface area contributed by atoms with Crippen molar-refractivity contribution in [2.45, 2.75) is 25.4 Å². The molecule has 1 unspecified atom stereocenters. The van der Waals surface area contributed by atoms with Crippen molar-refractivity contribution >= 4 is 0 Å². The van der Waals surface area contributed by atoms with Gasteiger partial charge in [0.1, 0.15) is 5.82 Å². The van der Waals surface area contributed by atoms with Gasteiger partial charge in [0.05, 0.1) is 6.54 Å². The first-order valence-corrected chi connectivity index (χ1v) is 7.70. The van der Waals surface area contributed by atoms with E-state index in [9.17, 15) is 4.39 Å². The van der Waals surface area contributed by atoms with Crippen LogP contribution in [-0.4, -0.2) is 48.6 Å².